The lowest BCUT2D eigenvalue weighted by molar-refractivity contribution is -0.110. The normalized spacial score (nSPS) is 18.0. The molecule has 4 heteroatoms. The molecule has 0 fully saturated rings. The van der Waals surface area contributed by atoms with E-state index in [9.17, 15) is 4.79 Å². The van der Waals surface area contributed by atoms with Crippen LogP contribution in [0.4, 0.5) is 5.69 Å². The second kappa shape index (κ2) is 5.05. The van der Waals surface area contributed by atoms with Crippen LogP contribution in [0.2, 0.25) is 0 Å². The van der Waals surface area contributed by atoms with Gasteiger partial charge in [0.2, 0.25) is 0 Å². The second-order valence-electron chi connectivity index (χ2n) is 5.79. The summed E-state index contributed by atoms with van der Waals surface area (Å²) in [5.41, 5.74) is 5.92. The Hall–Kier alpha value is -2.49. The van der Waals surface area contributed by atoms with Crippen LogP contribution in [-0.4, -0.2) is 18.0 Å². The summed E-state index contributed by atoms with van der Waals surface area (Å²) in [5, 5.41) is 2.90. The molecule has 2 aromatic rings. The van der Waals surface area contributed by atoms with E-state index in [0.717, 1.165) is 35.5 Å². The Labute approximate surface area is 129 Å². The van der Waals surface area contributed by atoms with Crippen LogP contribution < -0.4 is 10.1 Å². The lowest BCUT2D eigenvalue weighted by Crippen LogP contribution is -2.03. The smallest absolute Gasteiger partial charge is 0.256 e. The number of aromatic nitrogens is 1. The largest absolute Gasteiger partial charge is 0.494 e. The summed E-state index contributed by atoms with van der Waals surface area (Å²) in [6, 6.07) is 7.76. The summed E-state index contributed by atoms with van der Waals surface area (Å²) >= 11 is 0. The molecule has 1 aromatic carbocycles. The minimum atomic E-state index is -0.0594. The van der Waals surface area contributed by atoms with Gasteiger partial charge < -0.3 is 15.0 Å². The maximum absolute atomic E-state index is 12.2. The molecule has 0 bridgehead atoms. The van der Waals surface area contributed by atoms with Gasteiger partial charge in [0, 0.05) is 22.5 Å². The molecule has 2 aliphatic rings. The number of H-pyrrole nitrogens is 1. The Morgan fingerprint density at radius 1 is 1.18 bits per heavy atom. The van der Waals surface area contributed by atoms with Gasteiger partial charge in [-0.25, -0.2) is 0 Å². The molecule has 1 amide bonds. The lowest BCUT2D eigenvalue weighted by atomic mass is 9.97. The number of para-hydroxylation sites is 1. The minimum absolute atomic E-state index is 0.0594. The molecule has 0 saturated heterocycles. The van der Waals surface area contributed by atoms with Gasteiger partial charge in [-0.1, -0.05) is 18.2 Å². The first-order chi connectivity index (χ1) is 10.8. The summed E-state index contributed by atoms with van der Waals surface area (Å²) in [7, 11) is 1.70. The highest BCUT2D eigenvalue weighted by molar-refractivity contribution is 6.34. The number of nitrogens with one attached hydrogen (secondary N) is 2. The summed E-state index contributed by atoms with van der Waals surface area (Å²) < 4.78 is 5.61. The number of ether oxygens (including phenoxy) is 1. The standard InChI is InChI=1S/C18H18N2O2/c1-22-17-12-7-3-5-9-15(12)19-16(17)10-13-11-6-2-4-8-14(11)20-18(13)21/h2,4,6,8,10,19H,3,5,7,9H2,1H3,(H,20,21). The molecule has 4 rings (SSSR count). The number of aromatic amines is 1. The quantitative estimate of drug-likeness (QED) is 0.834. The van der Waals surface area contributed by atoms with Crippen LogP contribution in [0.5, 0.6) is 5.75 Å². The topological polar surface area (TPSA) is 54.1 Å². The first kappa shape index (κ1) is 13.2. The minimum Gasteiger partial charge on any atom is -0.494 e. The maximum atomic E-state index is 12.2. The average Bonchev–Trinajstić information content (AvgIpc) is 3.05. The van der Waals surface area contributed by atoms with Gasteiger partial charge in [-0.3, -0.25) is 4.79 Å². The first-order valence-corrected chi connectivity index (χ1v) is 7.68. The lowest BCUT2D eigenvalue weighted by Gasteiger charge is -2.11. The molecule has 2 N–H and O–H groups in total. The fourth-order valence-corrected chi connectivity index (χ4v) is 3.44. The number of benzene rings is 1. The number of methoxy groups -OCH3 is 1. The molecule has 0 radical (unpaired) electrons. The van der Waals surface area contributed by atoms with Crippen molar-refractivity contribution in [3.05, 3.63) is 46.8 Å². The maximum Gasteiger partial charge on any atom is 0.256 e. The van der Waals surface area contributed by atoms with E-state index in [4.69, 9.17) is 4.74 Å². The van der Waals surface area contributed by atoms with E-state index in [-0.39, 0.29) is 5.91 Å². The van der Waals surface area contributed by atoms with Crippen molar-refractivity contribution in [2.24, 2.45) is 0 Å². The third kappa shape index (κ3) is 1.95. The molecule has 1 aliphatic carbocycles. The van der Waals surface area contributed by atoms with Crippen molar-refractivity contribution in [1.29, 1.82) is 0 Å². The molecule has 0 saturated carbocycles. The van der Waals surface area contributed by atoms with E-state index in [1.807, 2.05) is 30.3 Å². The molecular formula is C18H18N2O2. The molecule has 0 spiro atoms. The van der Waals surface area contributed by atoms with Crippen LogP contribution in [0.25, 0.3) is 11.6 Å². The summed E-state index contributed by atoms with van der Waals surface area (Å²) in [6.07, 6.45) is 6.41. The third-order valence-electron chi connectivity index (χ3n) is 4.47. The number of amides is 1. The van der Waals surface area contributed by atoms with Crippen LogP contribution in [0.15, 0.2) is 24.3 Å². The first-order valence-electron chi connectivity index (χ1n) is 7.68. The van der Waals surface area contributed by atoms with Gasteiger partial charge in [0.15, 0.2) is 0 Å². The van der Waals surface area contributed by atoms with E-state index in [1.165, 1.54) is 24.1 Å². The van der Waals surface area contributed by atoms with Crippen LogP contribution in [0, 0.1) is 0 Å². The van der Waals surface area contributed by atoms with Crippen molar-refractivity contribution in [2.45, 2.75) is 25.7 Å². The van der Waals surface area contributed by atoms with Gasteiger partial charge in [-0.2, -0.15) is 0 Å². The van der Waals surface area contributed by atoms with Gasteiger partial charge in [0.25, 0.3) is 5.91 Å². The van der Waals surface area contributed by atoms with Crippen molar-refractivity contribution >= 4 is 23.2 Å². The molecular weight excluding hydrogens is 276 g/mol. The summed E-state index contributed by atoms with van der Waals surface area (Å²) in [4.78, 5) is 15.7. The van der Waals surface area contributed by atoms with E-state index in [2.05, 4.69) is 10.3 Å². The number of carbonyl (C=O) groups is 1. The molecule has 112 valence electrons. The SMILES string of the molecule is COc1c(C=C2C(=O)Nc3ccccc32)[nH]c2c1CCCC2. The second-order valence-corrected chi connectivity index (χ2v) is 5.79. The monoisotopic (exact) mass is 294 g/mol. The van der Waals surface area contributed by atoms with E-state index in [1.54, 1.807) is 7.11 Å². The van der Waals surface area contributed by atoms with Crippen LogP contribution in [-0.2, 0) is 17.6 Å². The van der Waals surface area contributed by atoms with Crippen molar-refractivity contribution in [1.82, 2.24) is 4.98 Å². The summed E-state index contributed by atoms with van der Waals surface area (Å²) in [6.45, 7) is 0. The predicted octanol–water partition coefficient (Wildman–Crippen LogP) is 3.39. The number of fused-ring (bicyclic) bond motifs is 2. The van der Waals surface area contributed by atoms with E-state index in [0.29, 0.717) is 5.57 Å². The van der Waals surface area contributed by atoms with Crippen molar-refractivity contribution in [3.8, 4) is 5.75 Å². The van der Waals surface area contributed by atoms with Crippen molar-refractivity contribution in [3.63, 3.8) is 0 Å². The Bertz CT molecular complexity index is 786. The van der Waals surface area contributed by atoms with Gasteiger partial charge in [0.1, 0.15) is 5.75 Å². The Morgan fingerprint density at radius 2 is 2.00 bits per heavy atom. The number of hydrogen-bond donors (Lipinski definition) is 2. The highest BCUT2D eigenvalue weighted by Gasteiger charge is 2.26. The fraction of sp³-hybridized carbons (Fsp3) is 0.278. The number of anilines is 1. The number of hydrogen-bond acceptors (Lipinski definition) is 2. The van der Waals surface area contributed by atoms with Gasteiger partial charge in [0.05, 0.1) is 18.4 Å². The van der Waals surface area contributed by atoms with Crippen molar-refractivity contribution < 1.29 is 9.53 Å². The summed E-state index contributed by atoms with van der Waals surface area (Å²) in [5.74, 6) is 0.829. The molecule has 1 aromatic heterocycles. The average molecular weight is 294 g/mol. The molecule has 4 nitrogen and oxygen atoms in total. The van der Waals surface area contributed by atoms with Crippen LogP contribution in [0.3, 0.4) is 0 Å². The molecule has 22 heavy (non-hydrogen) atoms. The van der Waals surface area contributed by atoms with Gasteiger partial charge in [-0.15, -0.1) is 0 Å². The van der Waals surface area contributed by atoms with E-state index < -0.39 is 0 Å². The highest BCUT2D eigenvalue weighted by atomic mass is 16.5. The molecule has 0 unspecified atom stereocenters. The third-order valence-corrected chi connectivity index (χ3v) is 4.47. The Morgan fingerprint density at radius 3 is 2.86 bits per heavy atom. The number of rotatable bonds is 2. The van der Waals surface area contributed by atoms with Crippen LogP contribution in [0.1, 0.15) is 35.4 Å². The highest BCUT2D eigenvalue weighted by Crippen LogP contribution is 2.37. The Balaban J connectivity index is 1.83. The zero-order valence-electron chi connectivity index (χ0n) is 12.5. The molecule has 0 atom stereocenters. The van der Waals surface area contributed by atoms with Crippen LogP contribution >= 0.6 is 0 Å². The van der Waals surface area contributed by atoms with Gasteiger partial charge >= 0.3 is 0 Å². The Kier molecular flexibility index (Phi) is 3.03. The fourth-order valence-electron chi connectivity index (χ4n) is 3.44. The predicted molar refractivity (Wildman–Crippen MR) is 86.9 cm³/mol. The zero-order valence-corrected chi connectivity index (χ0v) is 12.5. The molecule has 2 heterocycles. The van der Waals surface area contributed by atoms with E-state index >= 15 is 0 Å². The zero-order chi connectivity index (χ0) is 15.1. The number of carbonyl (C=O) groups excluding carboxylic acids is 1. The van der Waals surface area contributed by atoms with Crippen molar-refractivity contribution in [2.75, 3.05) is 12.4 Å². The number of aryl methyl sites for hydroxylation is 1. The van der Waals surface area contributed by atoms with Gasteiger partial charge in [-0.05, 0) is 37.8 Å². The molecule has 1 aliphatic heterocycles.